The maximum Gasteiger partial charge on any atom is 0.220 e. The molecular formula is C69H116Br3N8O7P. The molecule has 0 aromatic heterocycles. The summed E-state index contributed by atoms with van der Waals surface area (Å²) in [6, 6.07) is 33.6. The molecule has 0 spiro atoms. The fourth-order valence-corrected chi connectivity index (χ4v) is 19.2. The number of amides is 3. The highest BCUT2D eigenvalue weighted by Gasteiger charge is 2.54. The molecule has 500 valence electrons. The van der Waals surface area contributed by atoms with Gasteiger partial charge in [0.2, 0.25) is 17.7 Å². The summed E-state index contributed by atoms with van der Waals surface area (Å²) < 4.78 is 0. The van der Waals surface area contributed by atoms with Crippen LogP contribution in [0.5, 0.6) is 0 Å². The van der Waals surface area contributed by atoms with Gasteiger partial charge in [-0.3, -0.25) is 14.4 Å². The van der Waals surface area contributed by atoms with Crippen LogP contribution in [-0.2, 0) is 14.4 Å². The summed E-state index contributed by atoms with van der Waals surface area (Å²) in [6.45, 7) is 35.2. The van der Waals surface area contributed by atoms with Gasteiger partial charge in [-0.25, -0.2) is 0 Å². The lowest BCUT2D eigenvalue weighted by atomic mass is 9.87. The molecule has 4 unspecified atom stereocenters. The van der Waals surface area contributed by atoms with Gasteiger partial charge in [-0.05, 0) is 235 Å². The van der Waals surface area contributed by atoms with Crippen molar-refractivity contribution in [2.75, 3.05) is 43.0 Å². The number of nitrogens with two attached hydrogens (primary N) is 1. The summed E-state index contributed by atoms with van der Waals surface area (Å²) in [7, 11) is -1.90. The van der Waals surface area contributed by atoms with Gasteiger partial charge in [0.1, 0.15) is 10.6 Å². The highest BCUT2D eigenvalue weighted by atomic mass is 79.9. The molecular weight excluding hydrogens is 1320 g/mol. The predicted molar refractivity (Wildman–Crippen MR) is 376 cm³/mol. The van der Waals surface area contributed by atoms with Crippen molar-refractivity contribution in [3.63, 3.8) is 0 Å². The first-order valence-electron chi connectivity index (χ1n) is 32.0. The number of carbonyl (C=O) groups excluding carboxylic acids is 3. The number of hydrogen-bond acceptors (Lipinski definition) is 12. The van der Waals surface area contributed by atoms with Crippen molar-refractivity contribution in [2.45, 2.75) is 239 Å². The maximum absolute atomic E-state index is 12.8. The zero-order valence-corrected chi connectivity index (χ0v) is 62.3. The van der Waals surface area contributed by atoms with Crippen molar-refractivity contribution in [1.29, 1.82) is 0 Å². The number of nitrogens with zero attached hydrogens (tertiary/aromatic N) is 4. The number of benzene rings is 3. The first kappa shape index (κ1) is 79.8. The molecule has 15 nitrogen and oxygen atoms in total. The van der Waals surface area contributed by atoms with Crippen LogP contribution in [0.3, 0.4) is 0 Å². The second-order valence-electron chi connectivity index (χ2n) is 29.6. The Bertz CT molecular complexity index is 2420. The number of halogens is 3. The average Bonchev–Trinajstić information content (AvgIpc) is 1.33. The van der Waals surface area contributed by atoms with Crippen molar-refractivity contribution in [3.05, 3.63) is 91.0 Å². The number of rotatable bonds is 23. The van der Waals surface area contributed by atoms with E-state index in [9.17, 15) is 35.2 Å². The second-order valence-corrected chi connectivity index (χ2v) is 34.7. The number of carbonyl (C=O) groups is 3. The van der Waals surface area contributed by atoms with Crippen LogP contribution in [0.1, 0.15) is 194 Å². The quantitative estimate of drug-likeness (QED) is 0.0193. The molecule has 9 N–H and O–H groups in total. The van der Waals surface area contributed by atoms with Crippen LogP contribution in [0.4, 0.5) is 0 Å². The Hall–Kier alpha value is -2.42. The molecule has 4 atom stereocenters. The molecule has 4 heterocycles. The van der Waals surface area contributed by atoms with Crippen molar-refractivity contribution >= 4 is 89.7 Å². The van der Waals surface area contributed by atoms with Crippen LogP contribution < -0.4 is 37.6 Å². The normalized spacial score (nSPS) is 23.6. The van der Waals surface area contributed by atoms with E-state index in [0.29, 0.717) is 51.4 Å². The van der Waals surface area contributed by atoms with Gasteiger partial charge in [0.25, 0.3) is 0 Å². The molecule has 4 saturated heterocycles. The highest BCUT2D eigenvalue weighted by molar-refractivity contribution is 9.09. The first-order chi connectivity index (χ1) is 40.4. The molecule has 7 rings (SSSR count). The van der Waals surface area contributed by atoms with E-state index < -0.39 is 7.26 Å². The van der Waals surface area contributed by atoms with Crippen LogP contribution in [0.15, 0.2) is 84.9 Å². The predicted octanol–water partition coefficient (Wildman–Crippen LogP) is 13.0. The van der Waals surface area contributed by atoms with E-state index >= 15 is 0 Å². The summed E-state index contributed by atoms with van der Waals surface area (Å²) in [5, 5.41) is 61.7. The second kappa shape index (κ2) is 34.1. The fraction of sp³-hybridized carbons (Fsp3) is 0.696. The average molecular weight is 1440 g/mol. The molecule has 0 saturated carbocycles. The van der Waals surface area contributed by atoms with Crippen molar-refractivity contribution in [3.8, 4) is 0 Å². The van der Waals surface area contributed by atoms with Gasteiger partial charge in [-0.2, -0.15) is 38.5 Å². The number of unbranched alkanes of at least 4 members (excludes halogenated alkanes) is 3. The highest BCUT2D eigenvalue weighted by Crippen LogP contribution is 2.56. The van der Waals surface area contributed by atoms with Crippen LogP contribution >= 0.6 is 56.1 Å². The molecule has 4 fully saturated rings. The lowest BCUT2D eigenvalue weighted by Crippen LogP contribution is -2.48. The summed E-state index contributed by atoms with van der Waals surface area (Å²) in [6.07, 6.45) is 12.0. The SMILES string of the molecule is Br.CC1(C)CC(CN)C(C)(C)N1O.CC1(C)CC(CNC(=O)CCCCBr)C(C)(C)N1O.CC1(C)CC(CNC(=O)CCCCBr)C(C)(C)N1O.CC1(C)CC(CNC(=O)CCCC[P+](c2[c-]cccc2)(c2ccccc2)c2ccccc2)C(C)(C)N1O. The summed E-state index contributed by atoms with van der Waals surface area (Å²) in [5.74, 6) is 1.47. The number of alkyl halides is 2. The van der Waals surface area contributed by atoms with Crippen LogP contribution in [0.25, 0.3) is 0 Å². The lowest BCUT2D eigenvalue weighted by Gasteiger charge is -2.36. The van der Waals surface area contributed by atoms with Gasteiger partial charge in [0, 0.05) is 93.9 Å². The third kappa shape index (κ3) is 20.5. The minimum Gasteiger partial charge on any atom is -0.356 e. The van der Waals surface area contributed by atoms with Crippen LogP contribution in [-0.4, -0.2) is 146 Å². The Morgan fingerprint density at radius 3 is 1.02 bits per heavy atom. The molecule has 3 amide bonds. The Balaban J connectivity index is 0.000000336. The Kier molecular flexibility index (Phi) is 31.0. The first-order valence-corrected chi connectivity index (χ1v) is 36.2. The number of hydrogen-bond donors (Lipinski definition) is 8. The third-order valence-corrected chi connectivity index (χ3v) is 25.2. The van der Waals surface area contributed by atoms with E-state index in [4.69, 9.17) is 5.73 Å². The van der Waals surface area contributed by atoms with Crippen molar-refractivity contribution in [1.82, 2.24) is 36.2 Å². The van der Waals surface area contributed by atoms with E-state index in [1.165, 1.54) is 36.2 Å². The van der Waals surface area contributed by atoms with E-state index in [1.807, 2.05) is 95.2 Å². The maximum atomic E-state index is 12.8. The van der Waals surface area contributed by atoms with Gasteiger partial charge in [0.15, 0.2) is 0 Å². The zero-order chi connectivity index (χ0) is 65.5. The zero-order valence-electron chi connectivity index (χ0n) is 56.5. The van der Waals surface area contributed by atoms with Gasteiger partial charge >= 0.3 is 0 Å². The van der Waals surface area contributed by atoms with Gasteiger partial charge in [-0.1, -0.05) is 68.3 Å². The van der Waals surface area contributed by atoms with Crippen LogP contribution in [0, 0.1) is 29.7 Å². The van der Waals surface area contributed by atoms with E-state index in [2.05, 4.69) is 154 Å². The smallest absolute Gasteiger partial charge is 0.220 e. The van der Waals surface area contributed by atoms with E-state index in [0.717, 1.165) is 81.0 Å². The number of hydroxylamine groups is 8. The summed E-state index contributed by atoms with van der Waals surface area (Å²) in [5.41, 5.74) is 3.64. The molecule has 3 aromatic carbocycles. The Morgan fingerprint density at radius 1 is 0.477 bits per heavy atom. The van der Waals surface area contributed by atoms with Crippen molar-refractivity contribution in [2.24, 2.45) is 29.4 Å². The minimum atomic E-state index is -1.90. The largest absolute Gasteiger partial charge is 0.356 e. The van der Waals surface area contributed by atoms with Gasteiger partial charge < -0.3 is 42.5 Å². The third-order valence-electron chi connectivity index (χ3n) is 19.6. The molecule has 19 heteroatoms. The molecule has 0 aliphatic carbocycles. The molecule has 4 aliphatic rings. The topological polar surface area (TPSA) is 207 Å². The fourth-order valence-electron chi connectivity index (χ4n) is 14.1. The molecule has 3 aromatic rings. The van der Waals surface area contributed by atoms with Crippen molar-refractivity contribution < 1.29 is 35.2 Å². The monoisotopic (exact) mass is 1440 g/mol. The summed E-state index contributed by atoms with van der Waals surface area (Å²) >= 11 is 6.72. The van der Waals surface area contributed by atoms with Gasteiger partial charge in [0.05, 0.1) is 13.4 Å². The van der Waals surface area contributed by atoms with Gasteiger partial charge in [-0.15, -0.1) is 29.1 Å². The number of nitrogens with one attached hydrogen (secondary N) is 3. The standard InChI is InChI=1S/C32H41N2O2P.2C14H27BrN2O2.C9H20N2O.BrH/c1-31(2)24-26(32(3,4)34(31)36)25-33-30(35)22-14-15-23-37(27-16-8-5-9-17-27,28-18-10-6-11-19-28)29-20-12-7-13-21-29;2*1-13(2)9-11(14(3,4)17(13)19)10-16-12(18)7-5-6-8-15;1-8(2)5-7(6-10)9(3,4)11(8)12;/h5-13,16-20,26,36H,14-15,22-25H2,1-4H3,(H,33,35);2*11,19H,5-10H2,1-4H3,(H,16,18);7,12H,5-6,10H2,1-4H3;1H. The molecule has 88 heavy (non-hydrogen) atoms. The lowest BCUT2D eigenvalue weighted by molar-refractivity contribution is -0.196. The van der Waals surface area contributed by atoms with Crippen LogP contribution in [0.2, 0.25) is 0 Å². The Labute approximate surface area is 559 Å². The van der Waals surface area contributed by atoms with E-state index in [-0.39, 0.29) is 96.8 Å². The van der Waals surface area contributed by atoms with E-state index in [1.54, 1.807) is 0 Å². The molecule has 0 radical (unpaired) electrons. The molecule has 0 bridgehead atoms. The minimum absolute atomic E-state index is 0. The molecule has 4 aliphatic heterocycles. The summed E-state index contributed by atoms with van der Waals surface area (Å²) in [4.78, 5) is 36.3. The Morgan fingerprint density at radius 2 is 0.773 bits per heavy atom.